The summed E-state index contributed by atoms with van der Waals surface area (Å²) in [5, 5.41) is 74.0. The summed E-state index contributed by atoms with van der Waals surface area (Å²) in [6.07, 6.45) is 9.93. The van der Waals surface area contributed by atoms with Crippen LogP contribution in [0.4, 0.5) is 5.82 Å². The van der Waals surface area contributed by atoms with Gasteiger partial charge in [-0.2, -0.15) is 0 Å². The van der Waals surface area contributed by atoms with E-state index in [4.69, 9.17) is 9.47 Å². The van der Waals surface area contributed by atoms with Gasteiger partial charge in [0.05, 0.1) is 30.6 Å². The first-order chi connectivity index (χ1) is 29.4. The second-order valence-corrected chi connectivity index (χ2v) is 20.7. The van der Waals surface area contributed by atoms with Crippen molar-refractivity contribution in [2.45, 2.75) is 93.1 Å². The summed E-state index contributed by atoms with van der Waals surface area (Å²) in [4.78, 5) is 34.8. The monoisotopic (exact) mass is 866 g/mol. The summed E-state index contributed by atoms with van der Waals surface area (Å²) in [5.74, 6) is -2.32. The van der Waals surface area contributed by atoms with Crippen molar-refractivity contribution in [2.24, 2.45) is 22.7 Å². The summed E-state index contributed by atoms with van der Waals surface area (Å²) >= 11 is 0. The molecule has 1 saturated heterocycles. The van der Waals surface area contributed by atoms with Crippen LogP contribution in [0.1, 0.15) is 82.4 Å². The van der Waals surface area contributed by atoms with Crippen LogP contribution >= 0.6 is 21.6 Å². The van der Waals surface area contributed by atoms with Crippen molar-refractivity contribution in [1.82, 2.24) is 4.98 Å². The molecule has 3 heterocycles. The number of hydrogen-bond donors (Lipinski definition) is 7. The van der Waals surface area contributed by atoms with Crippen LogP contribution in [-0.2, 0) is 23.2 Å². The van der Waals surface area contributed by atoms with E-state index >= 15 is 4.79 Å². The third-order valence-electron chi connectivity index (χ3n) is 15.1. The maximum Gasteiger partial charge on any atom is 0.230 e. The Bertz CT molecular complexity index is 2380. The van der Waals surface area contributed by atoms with Gasteiger partial charge < -0.3 is 45.4 Å². The Hall–Kier alpha value is -3.99. The minimum atomic E-state index is -2.32. The second kappa shape index (κ2) is 15.1. The van der Waals surface area contributed by atoms with E-state index < -0.39 is 70.5 Å². The lowest BCUT2D eigenvalue weighted by atomic mass is 9.54. The smallest absolute Gasteiger partial charge is 0.230 e. The molecule has 9 atom stereocenters. The number of ketones is 2. The van der Waals surface area contributed by atoms with Crippen LogP contribution in [-0.4, -0.2) is 95.1 Å². The van der Waals surface area contributed by atoms with Gasteiger partial charge in [-0.1, -0.05) is 89.1 Å². The number of ether oxygens (including phenoxy) is 2. The number of nitrogens with zero attached hydrogens (tertiary/aromatic N) is 1. The maximum absolute atomic E-state index is 15.3. The number of aromatic nitrogens is 1. The number of pyridine rings is 1. The van der Waals surface area contributed by atoms with Crippen LogP contribution in [0.2, 0.25) is 0 Å². The van der Waals surface area contributed by atoms with Crippen LogP contribution in [0.15, 0.2) is 96.4 Å². The predicted molar refractivity (Wildman–Crippen MR) is 230 cm³/mol. The lowest BCUT2D eigenvalue weighted by Gasteiger charge is -2.60. The number of allylic oxidation sites excluding steroid dienone is 4. The zero-order valence-electron chi connectivity index (χ0n) is 33.5. The van der Waals surface area contributed by atoms with E-state index in [1.807, 2.05) is 36.4 Å². The molecule has 7 bridgehead atoms. The van der Waals surface area contributed by atoms with Crippen molar-refractivity contribution in [3.8, 4) is 5.75 Å². The molecule has 2 aliphatic heterocycles. The number of rotatable bonds is 4. The highest BCUT2D eigenvalue weighted by Crippen LogP contribution is 2.65. The fraction of sp³-hybridized carbons (Fsp3) is 0.468. The first kappa shape index (κ1) is 41.0. The van der Waals surface area contributed by atoms with Crippen molar-refractivity contribution in [1.29, 1.82) is 0 Å². The molecule has 61 heavy (non-hydrogen) atoms. The molecule has 3 spiro atoms. The summed E-state index contributed by atoms with van der Waals surface area (Å²) in [5.41, 5.74) is -3.57. The Morgan fingerprint density at radius 2 is 1.75 bits per heavy atom. The molecule has 3 aromatic rings. The normalized spacial score (nSPS) is 36.1. The van der Waals surface area contributed by atoms with Gasteiger partial charge >= 0.3 is 0 Å². The molecule has 10 rings (SSSR count). The van der Waals surface area contributed by atoms with Crippen LogP contribution in [0, 0.1) is 22.7 Å². The first-order valence-corrected chi connectivity index (χ1v) is 23.6. The van der Waals surface area contributed by atoms with E-state index in [0.717, 1.165) is 48.8 Å². The van der Waals surface area contributed by atoms with Gasteiger partial charge in [-0.3, -0.25) is 9.59 Å². The molecule has 1 aromatic heterocycles. The molecule has 5 aliphatic carbocycles. The van der Waals surface area contributed by atoms with Gasteiger partial charge in [0.1, 0.15) is 46.2 Å². The molecule has 0 amide bonds. The van der Waals surface area contributed by atoms with Crippen LogP contribution in [0.25, 0.3) is 0 Å². The van der Waals surface area contributed by atoms with Gasteiger partial charge in [0.15, 0.2) is 11.6 Å². The van der Waals surface area contributed by atoms with Crippen molar-refractivity contribution in [3.05, 3.63) is 124 Å². The quantitative estimate of drug-likeness (QED) is 0.124. The number of nitrogens with one attached hydrogen (secondary N) is 1. The summed E-state index contributed by atoms with van der Waals surface area (Å²) in [7, 11) is 2.77. The lowest BCUT2D eigenvalue weighted by molar-refractivity contribution is -0.354. The maximum atomic E-state index is 15.3. The number of benzene rings is 2. The van der Waals surface area contributed by atoms with Crippen LogP contribution < -0.4 is 10.1 Å². The van der Waals surface area contributed by atoms with E-state index in [-0.39, 0.29) is 40.4 Å². The molecule has 14 heteroatoms. The lowest BCUT2D eigenvalue weighted by Crippen LogP contribution is -2.78. The molecule has 0 radical (unpaired) electrons. The first-order valence-electron chi connectivity index (χ1n) is 21.1. The highest BCUT2D eigenvalue weighted by Gasteiger charge is 2.71. The van der Waals surface area contributed by atoms with E-state index in [0.29, 0.717) is 36.5 Å². The van der Waals surface area contributed by atoms with Gasteiger partial charge in [0, 0.05) is 28.8 Å². The molecular weight excluding hydrogens is 817 g/mol. The highest BCUT2D eigenvalue weighted by atomic mass is 33.1. The van der Waals surface area contributed by atoms with E-state index in [1.165, 1.54) is 27.7 Å². The van der Waals surface area contributed by atoms with Gasteiger partial charge in [0.2, 0.25) is 6.29 Å². The number of carbonyl (C=O) groups is 2. The number of anilines is 1. The third kappa shape index (κ3) is 6.15. The average Bonchev–Trinajstić information content (AvgIpc) is 3.90. The standard InChI is InChI=1S/C47H50N2O10S2/c50-22-28-6-3-5-27(17-28)18-29-19-32-38(53)31-7-4-8-33-37(31)39(54)46(32,35(52)20-29)25-60-61-26-49-36-21-30(10-16-48-36)44(15-14-43(23-44)11-1-2-12-43)34-9-13-45(24-51)42(56)47(34,57)40(55)41(58-33)59-45/h3-10,13,16-17,19-21,32,34,40-42,50-52,55-57H,1-2,11-12,14-15,18,22-26H2,(H,48,49)/t32-,34-,40+,41-,42-,44+,45-,46+,47-/m1/s1. The topological polar surface area (TPSA) is 199 Å². The number of fused-ring (bicyclic) bond motifs is 6. The number of hydrogen-bond acceptors (Lipinski definition) is 14. The number of aliphatic hydroxyl groups is 6. The Labute approximate surface area is 361 Å². The number of aliphatic hydroxyl groups excluding tert-OH is 5. The molecule has 7 N–H and O–H groups in total. The Morgan fingerprint density at radius 3 is 2.56 bits per heavy atom. The fourth-order valence-electron chi connectivity index (χ4n) is 12.0. The number of Topliss-reactive ketones (excluding diaryl/α,β-unsaturated/α-hetero) is 2. The molecule has 3 fully saturated rings. The minimum absolute atomic E-state index is 0.0156. The van der Waals surface area contributed by atoms with Gasteiger partial charge in [-0.25, -0.2) is 4.98 Å². The molecular formula is C47H50N2O10S2. The minimum Gasteiger partial charge on any atom is -0.511 e. The molecule has 7 aliphatic rings. The Kier molecular flexibility index (Phi) is 10.1. The molecule has 12 nitrogen and oxygen atoms in total. The molecule has 320 valence electrons. The third-order valence-corrected chi connectivity index (χ3v) is 17.3. The number of carbonyl (C=O) groups excluding carboxylic acids is 2. The highest BCUT2D eigenvalue weighted by molar-refractivity contribution is 8.76. The predicted octanol–water partition coefficient (Wildman–Crippen LogP) is 5.73. The van der Waals surface area contributed by atoms with Crippen molar-refractivity contribution in [3.63, 3.8) is 0 Å². The van der Waals surface area contributed by atoms with E-state index in [2.05, 4.69) is 10.3 Å². The SMILES string of the molecule is O=C1c2cccc3c2C(=O)[C@]2(CSSCNc4cc(ccn4)[C@@]4(CCC5(CCCC5)C4)[C@H]4C=C[C@]5(CO)O[C@@H](O3)[C@H](O)[C@@]4(O)[C@@H]5O)C(O)=CC(Cc3cccc(CO)c3)=C[C@H]12. The van der Waals surface area contributed by atoms with Crippen molar-refractivity contribution >= 4 is 39.0 Å². The van der Waals surface area contributed by atoms with Crippen molar-refractivity contribution in [2.75, 3.05) is 23.6 Å². The van der Waals surface area contributed by atoms with Crippen LogP contribution in [0.3, 0.4) is 0 Å². The zero-order chi connectivity index (χ0) is 42.4. The molecule has 2 aromatic carbocycles. The van der Waals surface area contributed by atoms with Gasteiger partial charge in [-0.15, -0.1) is 0 Å². The largest absolute Gasteiger partial charge is 0.511 e. The van der Waals surface area contributed by atoms with Gasteiger partial charge in [-0.05, 0) is 90.5 Å². The zero-order valence-corrected chi connectivity index (χ0v) is 35.2. The average molecular weight is 867 g/mol. The molecule has 2 saturated carbocycles. The van der Waals surface area contributed by atoms with Crippen LogP contribution in [0.5, 0.6) is 5.75 Å². The van der Waals surface area contributed by atoms with E-state index in [1.54, 1.807) is 42.6 Å². The Morgan fingerprint density at radius 1 is 0.951 bits per heavy atom. The van der Waals surface area contributed by atoms with Gasteiger partial charge in [0.25, 0.3) is 0 Å². The molecule has 0 unspecified atom stereocenters. The fourth-order valence-corrected chi connectivity index (χ4v) is 14.3. The summed E-state index contributed by atoms with van der Waals surface area (Å²) < 4.78 is 12.8. The summed E-state index contributed by atoms with van der Waals surface area (Å²) in [6.45, 7) is -0.893. The summed E-state index contributed by atoms with van der Waals surface area (Å²) in [6, 6.07) is 15.9. The van der Waals surface area contributed by atoms with Crippen molar-refractivity contribution < 1.29 is 49.7 Å². The second-order valence-electron chi connectivity index (χ2n) is 18.2. The van der Waals surface area contributed by atoms with E-state index in [9.17, 15) is 35.4 Å². The Balaban J connectivity index is 1.10.